The lowest BCUT2D eigenvalue weighted by atomic mass is 9.75. The van der Waals surface area contributed by atoms with Crippen LogP contribution in [0.4, 0.5) is 0 Å². The van der Waals surface area contributed by atoms with Crippen LogP contribution in [-0.2, 0) is 32.0 Å². The van der Waals surface area contributed by atoms with Gasteiger partial charge in [0, 0.05) is 51.9 Å². The SMILES string of the molecule is O=C1N[C@H]2CCN(CC(=O)N3CCC(Cc4ccccc4)CC3)C[C@H]2C/C=C/CC2(CCOCC2)C(=O)N[C@H]1Cc1ccccc1. The highest BCUT2D eigenvalue weighted by atomic mass is 16.5. The number of ether oxygens (including phenoxy) is 1. The van der Waals surface area contributed by atoms with Gasteiger partial charge in [-0.25, -0.2) is 0 Å². The topological polar surface area (TPSA) is 91.0 Å². The summed E-state index contributed by atoms with van der Waals surface area (Å²) in [5.74, 6) is 0.866. The summed E-state index contributed by atoms with van der Waals surface area (Å²) >= 11 is 0. The molecule has 0 unspecified atom stereocenters. The van der Waals surface area contributed by atoms with Gasteiger partial charge in [0.05, 0.1) is 12.0 Å². The van der Waals surface area contributed by atoms with Crippen LogP contribution in [-0.4, -0.2) is 85.5 Å². The van der Waals surface area contributed by atoms with Crippen LogP contribution in [0, 0.1) is 17.3 Å². The van der Waals surface area contributed by atoms with Gasteiger partial charge in [-0.05, 0) is 74.3 Å². The molecule has 6 rings (SSSR count). The van der Waals surface area contributed by atoms with E-state index < -0.39 is 11.5 Å². The molecular weight excluding hydrogens is 576 g/mol. The molecule has 2 N–H and O–H groups in total. The smallest absolute Gasteiger partial charge is 0.243 e. The summed E-state index contributed by atoms with van der Waals surface area (Å²) in [5, 5.41) is 6.52. The lowest BCUT2D eigenvalue weighted by Crippen LogP contribution is -2.58. The highest BCUT2D eigenvalue weighted by Crippen LogP contribution is 2.36. The first-order valence-electron chi connectivity index (χ1n) is 17.4. The maximum Gasteiger partial charge on any atom is 0.243 e. The number of rotatable bonds is 6. The van der Waals surface area contributed by atoms with Gasteiger partial charge in [-0.3, -0.25) is 19.3 Å². The van der Waals surface area contributed by atoms with Crippen LogP contribution in [0.2, 0.25) is 0 Å². The fourth-order valence-electron chi connectivity index (χ4n) is 7.82. The Morgan fingerprint density at radius 1 is 0.826 bits per heavy atom. The fourth-order valence-corrected chi connectivity index (χ4v) is 7.82. The first kappa shape index (κ1) is 32.5. The van der Waals surface area contributed by atoms with Crippen LogP contribution in [0.5, 0.6) is 0 Å². The number of carbonyl (C=O) groups is 3. The van der Waals surface area contributed by atoms with Crippen LogP contribution in [0.25, 0.3) is 0 Å². The number of nitrogens with zero attached hydrogens (tertiary/aromatic N) is 2. The van der Waals surface area contributed by atoms with E-state index in [9.17, 15) is 14.4 Å². The van der Waals surface area contributed by atoms with Crippen LogP contribution >= 0.6 is 0 Å². The predicted octanol–water partition coefficient (Wildman–Crippen LogP) is 4.15. The minimum Gasteiger partial charge on any atom is -0.381 e. The van der Waals surface area contributed by atoms with Crippen molar-refractivity contribution in [3.63, 3.8) is 0 Å². The second kappa shape index (κ2) is 15.4. The number of hydrogen-bond acceptors (Lipinski definition) is 5. The van der Waals surface area contributed by atoms with Gasteiger partial charge in [-0.1, -0.05) is 72.8 Å². The van der Waals surface area contributed by atoms with Crippen LogP contribution < -0.4 is 10.6 Å². The summed E-state index contributed by atoms with van der Waals surface area (Å²) in [6.45, 7) is 4.72. The Morgan fingerprint density at radius 3 is 2.20 bits per heavy atom. The number of piperidine rings is 2. The molecule has 4 aliphatic rings. The summed E-state index contributed by atoms with van der Waals surface area (Å²) in [4.78, 5) is 45.4. The second-order valence-corrected chi connectivity index (χ2v) is 13.9. The highest BCUT2D eigenvalue weighted by molar-refractivity contribution is 5.90. The van der Waals surface area contributed by atoms with Crippen molar-refractivity contribution in [2.75, 3.05) is 45.9 Å². The zero-order chi connectivity index (χ0) is 31.8. The Hall–Kier alpha value is -3.49. The minimum absolute atomic E-state index is 0.0103. The minimum atomic E-state index is -0.650. The molecular formula is C38H50N4O4. The monoisotopic (exact) mass is 626 g/mol. The van der Waals surface area contributed by atoms with Crippen molar-refractivity contribution < 1.29 is 19.1 Å². The first-order valence-corrected chi connectivity index (χ1v) is 17.4. The third-order valence-corrected chi connectivity index (χ3v) is 10.8. The number of allylic oxidation sites excluding steroid dienone is 2. The van der Waals surface area contributed by atoms with Gasteiger partial charge >= 0.3 is 0 Å². The van der Waals surface area contributed by atoms with Gasteiger partial charge in [-0.15, -0.1) is 0 Å². The molecule has 3 amide bonds. The van der Waals surface area contributed by atoms with Gasteiger partial charge in [0.2, 0.25) is 17.7 Å². The summed E-state index contributed by atoms with van der Waals surface area (Å²) < 4.78 is 5.63. The number of hydrogen-bond donors (Lipinski definition) is 2. The molecule has 2 aromatic carbocycles. The van der Waals surface area contributed by atoms with E-state index in [2.05, 4.69) is 62.9 Å². The highest BCUT2D eigenvalue weighted by Gasteiger charge is 2.41. The molecule has 0 aliphatic carbocycles. The average Bonchev–Trinajstić information content (AvgIpc) is 3.08. The first-order chi connectivity index (χ1) is 22.5. The zero-order valence-corrected chi connectivity index (χ0v) is 27.1. The molecule has 2 aromatic rings. The number of carbonyl (C=O) groups excluding carboxylic acids is 3. The normalized spacial score (nSPS) is 27.0. The molecule has 0 aromatic heterocycles. The Labute approximate surface area is 273 Å². The Bertz CT molecular complexity index is 1330. The molecule has 4 aliphatic heterocycles. The van der Waals surface area contributed by atoms with E-state index in [-0.39, 0.29) is 29.7 Å². The lowest BCUT2D eigenvalue weighted by molar-refractivity contribution is -0.140. The molecule has 246 valence electrons. The third-order valence-electron chi connectivity index (χ3n) is 10.8. The van der Waals surface area contributed by atoms with Crippen molar-refractivity contribution >= 4 is 17.7 Å². The van der Waals surface area contributed by atoms with Gasteiger partial charge in [0.25, 0.3) is 0 Å². The van der Waals surface area contributed by atoms with E-state index in [0.717, 1.165) is 63.8 Å². The van der Waals surface area contributed by atoms with E-state index in [0.29, 0.717) is 51.4 Å². The third kappa shape index (κ3) is 8.26. The number of likely N-dealkylation sites (tertiary alicyclic amines) is 2. The van der Waals surface area contributed by atoms with Gasteiger partial charge in [-0.2, -0.15) is 0 Å². The van der Waals surface area contributed by atoms with E-state index in [4.69, 9.17) is 4.74 Å². The summed E-state index contributed by atoms with van der Waals surface area (Å²) in [5.41, 5.74) is 1.83. The average molecular weight is 627 g/mol. The predicted molar refractivity (Wildman–Crippen MR) is 179 cm³/mol. The summed E-state index contributed by atoms with van der Waals surface area (Å²) in [6.07, 6.45) is 11.5. The molecule has 8 heteroatoms. The van der Waals surface area contributed by atoms with E-state index in [1.54, 1.807) is 0 Å². The number of amides is 3. The molecule has 46 heavy (non-hydrogen) atoms. The summed E-state index contributed by atoms with van der Waals surface area (Å²) in [7, 11) is 0. The fraction of sp³-hybridized carbons (Fsp3) is 0.553. The van der Waals surface area contributed by atoms with E-state index >= 15 is 0 Å². The number of benzene rings is 2. The number of fused-ring (bicyclic) bond motifs is 1. The molecule has 0 bridgehead atoms. The molecule has 0 radical (unpaired) electrons. The van der Waals surface area contributed by atoms with E-state index in [1.807, 2.05) is 30.3 Å². The Kier molecular flexibility index (Phi) is 10.9. The Balaban J connectivity index is 1.09. The van der Waals surface area contributed by atoms with Crippen molar-refractivity contribution in [2.24, 2.45) is 17.3 Å². The molecule has 3 saturated heterocycles. The van der Waals surface area contributed by atoms with Crippen molar-refractivity contribution in [1.82, 2.24) is 20.4 Å². The molecule has 4 heterocycles. The van der Waals surface area contributed by atoms with Crippen molar-refractivity contribution in [3.8, 4) is 0 Å². The number of nitrogens with one attached hydrogen (secondary N) is 2. The quantitative estimate of drug-likeness (QED) is 0.471. The molecule has 8 nitrogen and oxygen atoms in total. The largest absolute Gasteiger partial charge is 0.381 e. The van der Waals surface area contributed by atoms with Gasteiger partial charge < -0.3 is 20.3 Å². The van der Waals surface area contributed by atoms with Crippen LogP contribution in [0.1, 0.15) is 56.1 Å². The maximum atomic E-state index is 13.9. The van der Waals surface area contributed by atoms with Gasteiger partial charge in [0.15, 0.2) is 0 Å². The maximum absolute atomic E-state index is 13.9. The molecule has 1 spiro atoms. The molecule has 3 fully saturated rings. The standard InChI is InChI=1S/C38H50N4O4/c43-35(42-21-14-31(15-22-42)25-29-9-3-1-4-10-29)28-41-20-16-33-32(27-41)13-7-8-17-38(18-23-46-24-19-38)37(45)40-34(36(44)39-33)26-30-11-5-2-6-12-30/h1-12,31-34H,13-28H2,(H,39,44)(H,40,45)/b8-7+/t32-,33+,34+/m1/s1. The van der Waals surface area contributed by atoms with Crippen LogP contribution in [0.15, 0.2) is 72.8 Å². The van der Waals surface area contributed by atoms with Crippen molar-refractivity contribution in [3.05, 3.63) is 83.9 Å². The molecule has 3 atom stereocenters. The molecule has 0 saturated carbocycles. The Morgan fingerprint density at radius 2 is 1.50 bits per heavy atom. The summed E-state index contributed by atoms with van der Waals surface area (Å²) in [6, 6.07) is 19.9. The lowest BCUT2D eigenvalue weighted by Gasteiger charge is -2.41. The van der Waals surface area contributed by atoms with Crippen molar-refractivity contribution in [2.45, 2.75) is 69.9 Å². The van der Waals surface area contributed by atoms with E-state index in [1.165, 1.54) is 5.56 Å². The van der Waals surface area contributed by atoms with Gasteiger partial charge in [0.1, 0.15) is 6.04 Å². The van der Waals surface area contributed by atoms with Crippen molar-refractivity contribution in [1.29, 1.82) is 0 Å². The van der Waals surface area contributed by atoms with Crippen LogP contribution in [0.3, 0.4) is 0 Å². The zero-order valence-electron chi connectivity index (χ0n) is 27.1. The second-order valence-electron chi connectivity index (χ2n) is 13.9.